The minimum atomic E-state index is -0.444. The molecule has 0 bridgehead atoms. The molecule has 0 N–H and O–H groups in total. The Morgan fingerprint density at radius 3 is 2.75 bits per heavy atom. The third kappa shape index (κ3) is 2.05. The van der Waals surface area contributed by atoms with Crippen molar-refractivity contribution in [1.29, 1.82) is 0 Å². The van der Waals surface area contributed by atoms with E-state index in [-0.39, 0.29) is 5.22 Å². The van der Waals surface area contributed by atoms with Gasteiger partial charge in [-0.15, -0.1) is 0 Å². The van der Waals surface area contributed by atoms with Crippen LogP contribution < -0.4 is 0 Å². The third-order valence-electron chi connectivity index (χ3n) is 2.81. The lowest BCUT2D eigenvalue weighted by molar-refractivity contribution is 0.0600. The first-order valence-corrected chi connectivity index (χ1v) is 6.37. The Kier molecular flexibility index (Phi) is 3.16. The van der Waals surface area contributed by atoms with Crippen LogP contribution in [0.2, 0.25) is 10.4 Å². The van der Waals surface area contributed by atoms with E-state index in [0.717, 1.165) is 0 Å². The van der Waals surface area contributed by atoms with Gasteiger partial charge in [-0.3, -0.25) is 4.40 Å². The first-order chi connectivity index (χ1) is 9.60. The molecule has 5 nitrogen and oxygen atoms in total. The number of rotatable bonds is 2. The second kappa shape index (κ2) is 4.85. The molecular weight excluding hydrogens is 303 g/mol. The summed E-state index contributed by atoms with van der Waals surface area (Å²) in [5.41, 5.74) is 1.04. The highest BCUT2D eigenvalue weighted by Gasteiger charge is 2.16. The molecule has 3 aromatic heterocycles. The number of hydrogen-bond donors (Lipinski definition) is 0. The lowest BCUT2D eigenvalue weighted by atomic mass is 10.2. The number of furan rings is 1. The van der Waals surface area contributed by atoms with Crippen LogP contribution in [0.1, 0.15) is 10.4 Å². The van der Waals surface area contributed by atoms with E-state index in [1.54, 1.807) is 34.9 Å². The maximum absolute atomic E-state index is 11.6. The van der Waals surface area contributed by atoms with E-state index in [0.29, 0.717) is 27.8 Å². The van der Waals surface area contributed by atoms with Crippen molar-refractivity contribution in [2.45, 2.75) is 0 Å². The lowest BCUT2D eigenvalue weighted by Gasteiger charge is -2.02. The second-order valence-electron chi connectivity index (χ2n) is 3.99. The van der Waals surface area contributed by atoms with Crippen LogP contribution in [0.15, 0.2) is 34.9 Å². The Morgan fingerprint density at radius 2 is 2.10 bits per heavy atom. The molecule has 0 radical (unpaired) electrons. The number of methoxy groups -OCH3 is 1. The summed E-state index contributed by atoms with van der Waals surface area (Å²) in [6.45, 7) is 0. The molecule has 102 valence electrons. The van der Waals surface area contributed by atoms with Gasteiger partial charge in [-0.25, -0.2) is 9.78 Å². The van der Waals surface area contributed by atoms with Gasteiger partial charge >= 0.3 is 5.97 Å². The average molecular weight is 311 g/mol. The molecule has 7 heteroatoms. The van der Waals surface area contributed by atoms with E-state index in [1.807, 2.05) is 0 Å². The molecule has 3 rings (SSSR count). The highest BCUT2D eigenvalue weighted by Crippen LogP contribution is 2.28. The van der Waals surface area contributed by atoms with Gasteiger partial charge < -0.3 is 9.15 Å². The Morgan fingerprint density at radius 1 is 1.30 bits per heavy atom. The summed E-state index contributed by atoms with van der Waals surface area (Å²) in [6.07, 6.45) is 1.59. The molecule has 0 spiro atoms. The smallest absolute Gasteiger partial charge is 0.339 e. The molecule has 0 atom stereocenters. The molecule has 3 heterocycles. The summed E-state index contributed by atoms with van der Waals surface area (Å²) in [6, 6.07) is 6.59. The summed E-state index contributed by atoms with van der Waals surface area (Å²) in [7, 11) is 1.32. The first kappa shape index (κ1) is 13.0. The Bertz CT molecular complexity index is 807. The van der Waals surface area contributed by atoms with E-state index < -0.39 is 5.97 Å². The standard InChI is InChI=1S/C13H8Cl2N2O3/c1-19-13(18)7-2-3-8-11(15)16-12(17(8)6-7)9-4-5-10(14)20-9/h2-6H,1H3. The molecule has 0 aliphatic rings. The molecule has 0 fully saturated rings. The maximum Gasteiger partial charge on any atom is 0.339 e. The summed E-state index contributed by atoms with van der Waals surface area (Å²) in [5, 5.41) is 0.556. The molecule has 0 saturated carbocycles. The van der Waals surface area contributed by atoms with Crippen LogP contribution in [0.25, 0.3) is 17.1 Å². The van der Waals surface area contributed by atoms with E-state index in [2.05, 4.69) is 4.98 Å². The second-order valence-corrected chi connectivity index (χ2v) is 4.73. The van der Waals surface area contributed by atoms with Crippen molar-refractivity contribution in [3.8, 4) is 11.6 Å². The van der Waals surface area contributed by atoms with Gasteiger partial charge in [0.25, 0.3) is 0 Å². The van der Waals surface area contributed by atoms with Crippen LogP contribution >= 0.6 is 23.2 Å². The van der Waals surface area contributed by atoms with Crippen molar-refractivity contribution in [1.82, 2.24) is 9.38 Å². The number of ether oxygens (including phenoxy) is 1. The SMILES string of the molecule is COC(=O)c1ccc2c(Cl)nc(-c3ccc(Cl)o3)n2c1. The number of pyridine rings is 1. The third-order valence-corrected chi connectivity index (χ3v) is 3.29. The Balaban J connectivity index is 2.24. The fourth-order valence-electron chi connectivity index (χ4n) is 1.90. The molecule has 20 heavy (non-hydrogen) atoms. The lowest BCUT2D eigenvalue weighted by Crippen LogP contribution is -2.03. The van der Waals surface area contributed by atoms with Gasteiger partial charge in [0.1, 0.15) is 0 Å². The topological polar surface area (TPSA) is 56.7 Å². The average Bonchev–Trinajstić information content (AvgIpc) is 3.02. The summed E-state index contributed by atoms with van der Waals surface area (Å²) in [5.74, 6) is 0.474. The fraction of sp³-hybridized carbons (Fsp3) is 0.0769. The minimum absolute atomic E-state index is 0.247. The van der Waals surface area contributed by atoms with Gasteiger partial charge in [0.2, 0.25) is 0 Å². The van der Waals surface area contributed by atoms with Crippen LogP contribution in [-0.2, 0) is 4.74 Å². The number of imidazole rings is 1. The largest absolute Gasteiger partial charge is 0.465 e. The molecule has 0 saturated heterocycles. The Labute approximate surface area is 123 Å². The van der Waals surface area contributed by atoms with Crippen molar-refractivity contribution in [3.63, 3.8) is 0 Å². The van der Waals surface area contributed by atoms with Crippen LogP contribution in [-0.4, -0.2) is 22.5 Å². The molecule has 0 unspecified atom stereocenters. The molecule has 0 aliphatic carbocycles. The van der Waals surface area contributed by atoms with Gasteiger partial charge in [-0.2, -0.15) is 0 Å². The molecular formula is C13H8Cl2N2O3. The van der Waals surface area contributed by atoms with Crippen LogP contribution in [0, 0.1) is 0 Å². The normalized spacial score (nSPS) is 10.9. The van der Waals surface area contributed by atoms with Crippen molar-refractivity contribution in [2.75, 3.05) is 7.11 Å². The molecule has 3 aromatic rings. The zero-order valence-corrected chi connectivity index (χ0v) is 11.8. The van der Waals surface area contributed by atoms with Crippen LogP contribution in [0.5, 0.6) is 0 Å². The van der Waals surface area contributed by atoms with Gasteiger partial charge in [-0.05, 0) is 35.9 Å². The zero-order valence-electron chi connectivity index (χ0n) is 10.3. The van der Waals surface area contributed by atoms with Gasteiger partial charge in [0.05, 0.1) is 18.2 Å². The van der Waals surface area contributed by atoms with Gasteiger partial charge in [0, 0.05) is 6.20 Å². The van der Waals surface area contributed by atoms with Gasteiger partial charge in [-0.1, -0.05) is 11.6 Å². The van der Waals surface area contributed by atoms with E-state index in [1.165, 1.54) is 7.11 Å². The van der Waals surface area contributed by atoms with E-state index >= 15 is 0 Å². The van der Waals surface area contributed by atoms with Crippen molar-refractivity contribution >= 4 is 34.7 Å². The number of carbonyl (C=O) groups excluding carboxylic acids is 1. The number of fused-ring (bicyclic) bond motifs is 1. The maximum atomic E-state index is 11.6. The summed E-state index contributed by atoms with van der Waals surface area (Å²) >= 11 is 11.8. The fourth-order valence-corrected chi connectivity index (χ4v) is 2.28. The van der Waals surface area contributed by atoms with Crippen molar-refractivity contribution < 1.29 is 13.9 Å². The Hall–Kier alpha value is -1.98. The number of carbonyl (C=O) groups is 1. The van der Waals surface area contributed by atoms with Crippen LogP contribution in [0.3, 0.4) is 0 Å². The highest BCUT2D eigenvalue weighted by molar-refractivity contribution is 6.33. The number of aromatic nitrogens is 2. The predicted molar refractivity (Wildman–Crippen MR) is 74.3 cm³/mol. The monoisotopic (exact) mass is 310 g/mol. The number of nitrogens with zero attached hydrogens (tertiary/aromatic N) is 2. The summed E-state index contributed by atoms with van der Waals surface area (Å²) < 4.78 is 11.7. The van der Waals surface area contributed by atoms with Crippen molar-refractivity contribution in [2.24, 2.45) is 0 Å². The predicted octanol–water partition coefficient (Wildman–Crippen LogP) is 3.69. The molecule has 0 amide bonds. The minimum Gasteiger partial charge on any atom is -0.465 e. The first-order valence-electron chi connectivity index (χ1n) is 5.62. The van der Waals surface area contributed by atoms with Crippen molar-refractivity contribution in [3.05, 3.63) is 46.4 Å². The quantitative estimate of drug-likeness (QED) is 0.677. The van der Waals surface area contributed by atoms with E-state index in [4.69, 9.17) is 32.4 Å². The highest BCUT2D eigenvalue weighted by atomic mass is 35.5. The summed E-state index contributed by atoms with van der Waals surface area (Å²) in [4.78, 5) is 15.8. The molecule has 0 aromatic carbocycles. The zero-order chi connectivity index (χ0) is 14.3. The number of esters is 1. The van der Waals surface area contributed by atoms with E-state index in [9.17, 15) is 4.79 Å². The number of hydrogen-bond acceptors (Lipinski definition) is 4. The van der Waals surface area contributed by atoms with Gasteiger partial charge in [0.15, 0.2) is 22.0 Å². The molecule has 0 aliphatic heterocycles. The number of halogens is 2. The van der Waals surface area contributed by atoms with Crippen LogP contribution in [0.4, 0.5) is 0 Å².